The molecule has 2 rings (SSSR count). The van der Waals surface area contributed by atoms with Crippen molar-refractivity contribution in [3.63, 3.8) is 0 Å². The Bertz CT molecular complexity index is 581. The van der Waals surface area contributed by atoms with Crippen molar-refractivity contribution in [2.24, 2.45) is 0 Å². The molecule has 0 fully saturated rings. The van der Waals surface area contributed by atoms with Crippen molar-refractivity contribution < 1.29 is 9.90 Å². The van der Waals surface area contributed by atoms with E-state index in [2.05, 4.69) is 16.4 Å². The number of carbonyl (C=O) groups is 1. The number of para-hydroxylation sites is 1. The number of carboxylic acid groups (broad SMARTS) is 1. The molecule has 2 N–H and O–H groups in total. The first-order valence-corrected chi connectivity index (χ1v) is 8.82. The number of hydrogen-bond acceptors (Lipinski definition) is 5. The molecule has 1 atom stereocenters. The van der Waals surface area contributed by atoms with Gasteiger partial charge in [-0.25, -0.2) is 4.98 Å². The number of thiazole rings is 1. The third-order valence-electron chi connectivity index (χ3n) is 3.34. The lowest BCUT2D eigenvalue weighted by Gasteiger charge is -2.25. The summed E-state index contributed by atoms with van der Waals surface area (Å²) in [7, 11) is 0. The predicted molar refractivity (Wildman–Crippen MR) is 89.3 cm³/mol. The highest BCUT2D eigenvalue weighted by atomic mass is 32.2. The number of nitrogens with one attached hydrogen (secondary N) is 1. The van der Waals surface area contributed by atoms with Crippen molar-refractivity contribution in [3.8, 4) is 0 Å². The monoisotopic (exact) mass is 324 g/mol. The van der Waals surface area contributed by atoms with Crippen LogP contribution in [0.3, 0.4) is 0 Å². The van der Waals surface area contributed by atoms with E-state index in [4.69, 9.17) is 0 Å². The Kier molecular flexibility index (Phi) is 5.61. The fourth-order valence-electron chi connectivity index (χ4n) is 1.93. The molecule has 0 saturated heterocycles. The summed E-state index contributed by atoms with van der Waals surface area (Å²) in [5.74, 6) is -0.0554. The number of carboxylic acids is 1. The van der Waals surface area contributed by atoms with Crippen molar-refractivity contribution in [2.75, 3.05) is 12.3 Å². The summed E-state index contributed by atoms with van der Waals surface area (Å²) in [5, 5.41) is 12.5. The van der Waals surface area contributed by atoms with Gasteiger partial charge in [-0.1, -0.05) is 30.8 Å². The minimum absolute atomic E-state index is 0.572. The minimum atomic E-state index is -0.861. The van der Waals surface area contributed by atoms with Gasteiger partial charge in [0.2, 0.25) is 0 Å². The van der Waals surface area contributed by atoms with Crippen LogP contribution >= 0.6 is 23.1 Å². The van der Waals surface area contributed by atoms with Gasteiger partial charge in [-0.2, -0.15) is 0 Å². The second kappa shape index (κ2) is 7.24. The fourth-order valence-corrected chi connectivity index (χ4v) is 4.23. The van der Waals surface area contributed by atoms with E-state index < -0.39 is 11.5 Å². The van der Waals surface area contributed by atoms with Crippen LogP contribution in [-0.2, 0) is 4.79 Å². The summed E-state index contributed by atoms with van der Waals surface area (Å²) < 4.78 is 2.17. The van der Waals surface area contributed by atoms with Crippen molar-refractivity contribution in [1.29, 1.82) is 0 Å². The molecule has 4 nitrogen and oxygen atoms in total. The molecule has 1 aromatic carbocycles. The third-order valence-corrected chi connectivity index (χ3v) is 5.52. The average molecular weight is 324 g/mol. The maximum absolute atomic E-state index is 11.4. The molecule has 114 valence electrons. The molecule has 1 aromatic heterocycles. The second-order valence-corrected chi connectivity index (χ2v) is 7.48. The normalized spacial score (nSPS) is 14.2. The molecule has 0 aliphatic carbocycles. The molecule has 0 radical (unpaired) electrons. The number of benzene rings is 1. The zero-order valence-corrected chi connectivity index (χ0v) is 13.9. The molecule has 2 aromatic rings. The number of aromatic nitrogens is 1. The van der Waals surface area contributed by atoms with Gasteiger partial charge in [0.05, 0.1) is 10.2 Å². The van der Waals surface area contributed by atoms with E-state index in [0.29, 0.717) is 13.0 Å². The van der Waals surface area contributed by atoms with Crippen LogP contribution in [0.25, 0.3) is 10.2 Å². The summed E-state index contributed by atoms with van der Waals surface area (Å²) in [5.41, 5.74) is 0.148. The number of rotatable bonds is 8. The van der Waals surface area contributed by atoms with E-state index in [9.17, 15) is 9.90 Å². The number of fused-ring (bicyclic) bond motifs is 1. The van der Waals surface area contributed by atoms with Gasteiger partial charge < -0.3 is 10.4 Å². The zero-order chi connectivity index (χ0) is 15.3. The molecule has 21 heavy (non-hydrogen) atoms. The summed E-state index contributed by atoms with van der Waals surface area (Å²) in [6.45, 7) is 4.50. The number of thioether (sulfide) groups is 1. The minimum Gasteiger partial charge on any atom is -0.480 e. The maximum atomic E-state index is 11.4. The first-order chi connectivity index (χ1) is 10.0. The fraction of sp³-hybridized carbons (Fsp3) is 0.467. The van der Waals surface area contributed by atoms with E-state index >= 15 is 0 Å². The Morgan fingerprint density at radius 3 is 2.90 bits per heavy atom. The van der Waals surface area contributed by atoms with Crippen LogP contribution in [0.4, 0.5) is 0 Å². The molecule has 1 heterocycles. The van der Waals surface area contributed by atoms with Crippen LogP contribution in [0, 0.1) is 0 Å². The lowest BCUT2D eigenvalue weighted by atomic mass is 9.99. The summed E-state index contributed by atoms with van der Waals surface area (Å²) in [6, 6.07) is 8.04. The van der Waals surface area contributed by atoms with E-state index in [1.165, 1.54) is 4.70 Å². The number of hydrogen-bond donors (Lipinski definition) is 2. The second-order valence-electron chi connectivity index (χ2n) is 5.11. The van der Waals surface area contributed by atoms with Gasteiger partial charge in [-0.15, -0.1) is 11.3 Å². The molecule has 0 amide bonds. The maximum Gasteiger partial charge on any atom is 0.323 e. The Morgan fingerprint density at radius 2 is 2.24 bits per heavy atom. The lowest BCUT2D eigenvalue weighted by molar-refractivity contribution is -0.144. The topological polar surface area (TPSA) is 62.2 Å². The quantitative estimate of drug-likeness (QED) is 0.726. The molecule has 0 saturated carbocycles. The van der Waals surface area contributed by atoms with Crippen LogP contribution in [-0.4, -0.2) is 33.9 Å². The smallest absolute Gasteiger partial charge is 0.323 e. The average Bonchev–Trinajstić information content (AvgIpc) is 2.87. The van der Waals surface area contributed by atoms with Crippen molar-refractivity contribution in [1.82, 2.24) is 10.3 Å². The van der Waals surface area contributed by atoms with Gasteiger partial charge in [0, 0.05) is 5.75 Å². The lowest BCUT2D eigenvalue weighted by Crippen LogP contribution is -2.50. The third kappa shape index (κ3) is 4.18. The SMILES string of the molecule is CCCNC(C)(CCSc1nc2ccccc2s1)C(=O)O. The largest absolute Gasteiger partial charge is 0.480 e. The van der Waals surface area contributed by atoms with Gasteiger partial charge in [-0.3, -0.25) is 4.79 Å². The van der Waals surface area contributed by atoms with E-state index in [0.717, 1.165) is 22.0 Å². The summed E-state index contributed by atoms with van der Waals surface area (Å²) in [4.78, 5) is 16.0. The van der Waals surface area contributed by atoms with Gasteiger partial charge in [0.1, 0.15) is 5.54 Å². The Balaban J connectivity index is 1.93. The zero-order valence-electron chi connectivity index (χ0n) is 12.3. The Labute approximate surface area is 133 Å². The van der Waals surface area contributed by atoms with Crippen LogP contribution in [0.1, 0.15) is 26.7 Å². The van der Waals surface area contributed by atoms with Gasteiger partial charge in [0.25, 0.3) is 0 Å². The van der Waals surface area contributed by atoms with Gasteiger partial charge in [0.15, 0.2) is 4.34 Å². The molecular formula is C15H20N2O2S2. The predicted octanol–water partition coefficient (Wildman–Crippen LogP) is 3.62. The highest BCUT2D eigenvalue weighted by Crippen LogP contribution is 2.30. The van der Waals surface area contributed by atoms with Crippen molar-refractivity contribution in [2.45, 2.75) is 36.6 Å². The standard InChI is InChI=1S/C15H20N2O2S2/c1-3-9-16-15(2,13(18)19)8-10-20-14-17-11-6-4-5-7-12(11)21-14/h4-7,16H,3,8-10H2,1-2H3,(H,18,19). The number of nitrogens with zero attached hydrogens (tertiary/aromatic N) is 1. The highest BCUT2D eigenvalue weighted by molar-refractivity contribution is 8.01. The van der Waals surface area contributed by atoms with Crippen LogP contribution < -0.4 is 5.32 Å². The van der Waals surface area contributed by atoms with Crippen molar-refractivity contribution in [3.05, 3.63) is 24.3 Å². The van der Waals surface area contributed by atoms with Crippen LogP contribution in [0.2, 0.25) is 0 Å². The first kappa shape index (κ1) is 16.3. The molecule has 0 bridgehead atoms. The Hall–Kier alpha value is -1.11. The van der Waals surface area contributed by atoms with Crippen LogP contribution in [0.5, 0.6) is 0 Å². The van der Waals surface area contributed by atoms with Gasteiger partial charge in [-0.05, 0) is 38.4 Å². The molecule has 0 spiro atoms. The van der Waals surface area contributed by atoms with E-state index in [-0.39, 0.29) is 0 Å². The van der Waals surface area contributed by atoms with Crippen LogP contribution in [0.15, 0.2) is 28.6 Å². The molecule has 6 heteroatoms. The summed E-state index contributed by atoms with van der Waals surface area (Å²) in [6.07, 6.45) is 1.50. The summed E-state index contributed by atoms with van der Waals surface area (Å²) >= 11 is 3.29. The molecule has 0 aliphatic rings. The van der Waals surface area contributed by atoms with E-state index in [1.807, 2.05) is 25.1 Å². The first-order valence-electron chi connectivity index (χ1n) is 7.02. The molecular weight excluding hydrogens is 304 g/mol. The van der Waals surface area contributed by atoms with E-state index in [1.54, 1.807) is 30.0 Å². The molecule has 1 unspecified atom stereocenters. The highest BCUT2D eigenvalue weighted by Gasteiger charge is 2.31. The van der Waals surface area contributed by atoms with Gasteiger partial charge >= 0.3 is 5.97 Å². The van der Waals surface area contributed by atoms with Crippen molar-refractivity contribution >= 4 is 39.3 Å². The molecule has 0 aliphatic heterocycles. The number of aliphatic carboxylic acids is 1. The Morgan fingerprint density at radius 1 is 1.48 bits per heavy atom.